The van der Waals surface area contributed by atoms with Crippen molar-refractivity contribution in [2.75, 3.05) is 13.1 Å². The van der Waals surface area contributed by atoms with Gasteiger partial charge in [-0.2, -0.15) is 0 Å². The van der Waals surface area contributed by atoms with Crippen LogP contribution in [0.4, 0.5) is 0 Å². The molecular weight excluding hydrogens is 392 g/mol. The smallest absolute Gasteiger partial charge is 0.220 e. The standard InChI is InChI=1S/C12H25NOSi.C11H23NOSi/c1-11(2,3)15(6,7)13-9-8-12(4,5)10(13)14;1-9-7-8-12(10(9)13)14(5,6)11(2,3)4/h8-9H2,1-7H3;9H,7-8H2,1-6H3. The van der Waals surface area contributed by atoms with Gasteiger partial charge in [-0.25, -0.2) is 0 Å². The summed E-state index contributed by atoms with van der Waals surface area (Å²) in [5, 5.41) is 0.524. The first-order valence-electron chi connectivity index (χ1n) is 11.3. The first-order chi connectivity index (χ1) is 12.7. The van der Waals surface area contributed by atoms with Crippen molar-refractivity contribution in [2.45, 2.75) is 111 Å². The zero-order valence-corrected chi connectivity index (χ0v) is 23.6. The van der Waals surface area contributed by atoms with E-state index in [4.69, 9.17) is 0 Å². The fourth-order valence-corrected chi connectivity index (χ4v) is 8.25. The lowest BCUT2D eigenvalue weighted by Crippen LogP contribution is -2.56. The molecule has 0 bridgehead atoms. The van der Waals surface area contributed by atoms with Gasteiger partial charge in [-0.1, -0.05) is 88.5 Å². The number of carbonyl (C=O) groups is 2. The van der Waals surface area contributed by atoms with E-state index >= 15 is 0 Å². The normalized spacial score (nSPS) is 23.4. The minimum atomic E-state index is -1.64. The molecule has 2 rings (SSSR count). The Kier molecular flexibility index (Phi) is 7.41. The van der Waals surface area contributed by atoms with Crippen LogP contribution in [-0.2, 0) is 9.59 Å². The molecule has 6 heteroatoms. The van der Waals surface area contributed by atoms with Crippen LogP contribution in [0.3, 0.4) is 0 Å². The second-order valence-electron chi connectivity index (χ2n) is 12.9. The Bertz CT molecular complexity index is 628. The third kappa shape index (κ3) is 5.17. The Balaban J connectivity index is 0.000000291. The lowest BCUT2D eigenvalue weighted by molar-refractivity contribution is -0.131. The number of hydrogen-bond acceptors (Lipinski definition) is 2. The maximum atomic E-state index is 12.3. The minimum Gasteiger partial charge on any atom is -0.369 e. The van der Waals surface area contributed by atoms with Crippen LogP contribution in [0.15, 0.2) is 0 Å². The van der Waals surface area contributed by atoms with Crippen molar-refractivity contribution in [2.24, 2.45) is 11.3 Å². The summed E-state index contributed by atoms with van der Waals surface area (Å²) in [5.74, 6) is 1.01. The molecule has 0 saturated carbocycles. The van der Waals surface area contributed by atoms with E-state index in [1.807, 2.05) is 0 Å². The maximum absolute atomic E-state index is 12.3. The van der Waals surface area contributed by atoms with Crippen LogP contribution in [0.25, 0.3) is 0 Å². The molecule has 0 aliphatic carbocycles. The maximum Gasteiger partial charge on any atom is 0.220 e. The van der Waals surface area contributed by atoms with Gasteiger partial charge in [0.25, 0.3) is 0 Å². The molecule has 4 nitrogen and oxygen atoms in total. The topological polar surface area (TPSA) is 40.6 Å². The lowest BCUT2D eigenvalue weighted by atomic mass is 9.92. The Hall–Kier alpha value is -0.626. The molecule has 29 heavy (non-hydrogen) atoms. The highest BCUT2D eigenvalue weighted by atomic mass is 28.3. The van der Waals surface area contributed by atoms with Gasteiger partial charge in [0.05, 0.1) is 0 Å². The summed E-state index contributed by atoms with van der Waals surface area (Å²) in [5.41, 5.74) is -0.129. The predicted molar refractivity (Wildman–Crippen MR) is 130 cm³/mol. The third-order valence-electron chi connectivity index (χ3n) is 8.28. The van der Waals surface area contributed by atoms with Gasteiger partial charge in [0.15, 0.2) is 16.5 Å². The van der Waals surface area contributed by atoms with Crippen molar-refractivity contribution in [3.8, 4) is 0 Å². The molecule has 2 aliphatic heterocycles. The Morgan fingerprint density at radius 3 is 1.52 bits per heavy atom. The number of hydrogen-bond donors (Lipinski definition) is 0. The van der Waals surface area contributed by atoms with Crippen LogP contribution in [0, 0.1) is 11.3 Å². The Morgan fingerprint density at radius 1 is 0.828 bits per heavy atom. The average molecular weight is 441 g/mol. The van der Waals surface area contributed by atoms with Crippen molar-refractivity contribution in [1.29, 1.82) is 0 Å². The Morgan fingerprint density at radius 2 is 1.24 bits per heavy atom. The van der Waals surface area contributed by atoms with Gasteiger partial charge < -0.3 is 9.13 Å². The van der Waals surface area contributed by atoms with E-state index in [0.717, 1.165) is 25.9 Å². The SMILES string of the molecule is CC1(C)CCN([Si](C)(C)C(C)(C)C)C1=O.CC1CCN([Si](C)(C)C(C)(C)C)C1=O. The van der Waals surface area contributed by atoms with Crippen LogP contribution in [0.5, 0.6) is 0 Å². The first kappa shape index (κ1) is 26.4. The molecule has 2 saturated heterocycles. The van der Waals surface area contributed by atoms with Crippen molar-refractivity contribution in [1.82, 2.24) is 9.13 Å². The van der Waals surface area contributed by atoms with Gasteiger partial charge in [-0.3, -0.25) is 9.59 Å². The summed E-state index contributed by atoms with van der Waals surface area (Å²) < 4.78 is 4.39. The summed E-state index contributed by atoms with van der Waals surface area (Å²) in [6, 6.07) is 0. The predicted octanol–water partition coefficient (Wildman–Crippen LogP) is 6.11. The summed E-state index contributed by atoms with van der Waals surface area (Å²) in [4.78, 5) is 24.2. The zero-order chi connectivity index (χ0) is 23.2. The van der Waals surface area contributed by atoms with E-state index in [0.29, 0.717) is 11.8 Å². The second kappa shape index (κ2) is 8.14. The fraction of sp³-hybridized carbons (Fsp3) is 0.913. The van der Waals surface area contributed by atoms with E-state index in [-0.39, 0.29) is 21.4 Å². The number of carbonyl (C=O) groups excluding carboxylic acids is 2. The zero-order valence-electron chi connectivity index (χ0n) is 21.6. The summed E-state index contributed by atoms with van der Waals surface area (Å²) in [6.07, 6.45) is 2.06. The molecule has 1 atom stereocenters. The number of rotatable bonds is 2. The Labute approximate surface area is 183 Å². The summed E-state index contributed by atoms with van der Waals surface area (Å²) in [7, 11) is -3.23. The number of amides is 2. The molecule has 0 aromatic rings. The molecule has 2 fully saturated rings. The van der Waals surface area contributed by atoms with Crippen LogP contribution < -0.4 is 0 Å². The van der Waals surface area contributed by atoms with E-state index < -0.39 is 16.5 Å². The molecule has 0 aromatic carbocycles. The molecular formula is C23H48N2O2Si2. The van der Waals surface area contributed by atoms with E-state index in [2.05, 4.69) is 97.6 Å². The van der Waals surface area contributed by atoms with E-state index in [1.165, 1.54) is 0 Å². The summed E-state index contributed by atoms with van der Waals surface area (Å²) in [6.45, 7) is 30.9. The third-order valence-corrected chi connectivity index (χ3v) is 19.2. The molecule has 1 unspecified atom stereocenters. The van der Waals surface area contributed by atoms with Gasteiger partial charge in [0.1, 0.15) is 0 Å². The monoisotopic (exact) mass is 440 g/mol. The lowest BCUT2D eigenvalue weighted by Gasteiger charge is -2.44. The van der Waals surface area contributed by atoms with Gasteiger partial charge in [-0.15, -0.1) is 0 Å². The molecule has 2 heterocycles. The van der Waals surface area contributed by atoms with Gasteiger partial charge >= 0.3 is 0 Å². The molecule has 2 amide bonds. The second-order valence-corrected chi connectivity index (χ2v) is 23.2. The molecule has 0 aromatic heterocycles. The van der Waals surface area contributed by atoms with Crippen LogP contribution in [0.1, 0.15) is 75.2 Å². The van der Waals surface area contributed by atoms with E-state index in [1.54, 1.807) is 0 Å². The fourth-order valence-electron chi connectivity index (χ4n) is 3.69. The van der Waals surface area contributed by atoms with Gasteiger partial charge in [0, 0.05) is 24.4 Å². The van der Waals surface area contributed by atoms with Gasteiger partial charge in [-0.05, 0) is 22.9 Å². The summed E-state index contributed by atoms with van der Waals surface area (Å²) >= 11 is 0. The van der Waals surface area contributed by atoms with Crippen LogP contribution in [-0.4, -0.2) is 50.5 Å². The highest BCUT2D eigenvalue weighted by molar-refractivity contribution is 6.80. The highest BCUT2D eigenvalue weighted by Gasteiger charge is 2.50. The van der Waals surface area contributed by atoms with Crippen molar-refractivity contribution in [3.05, 3.63) is 0 Å². The van der Waals surface area contributed by atoms with E-state index in [9.17, 15) is 9.59 Å². The quantitative estimate of drug-likeness (QED) is 0.486. The minimum absolute atomic E-state index is 0.129. The molecule has 0 spiro atoms. The van der Waals surface area contributed by atoms with Crippen molar-refractivity contribution < 1.29 is 9.59 Å². The molecule has 2 aliphatic rings. The van der Waals surface area contributed by atoms with Crippen molar-refractivity contribution in [3.63, 3.8) is 0 Å². The molecule has 170 valence electrons. The molecule has 0 N–H and O–H groups in total. The first-order valence-corrected chi connectivity index (χ1v) is 17.2. The number of nitrogens with zero attached hydrogens (tertiary/aromatic N) is 2. The molecule has 0 radical (unpaired) electrons. The van der Waals surface area contributed by atoms with Crippen molar-refractivity contribution >= 4 is 28.3 Å². The average Bonchev–Trinajstić information content (AvgIpc) is 2.98. The van der Waals surface area contributed by atoms with Gasteiger partial charge in [0.2, 0.25) is 11.8 Å². The highest BCUT2D eigenvalue weighted by Crippen LogP contribution is 2.43. The van der Waals surface area contributed by atoms with Crippen LogP contribution in [0.2, 0.25) is 36.3 Å². The van der Waals surface area contributed by atoms with Crippen LogP contribution >= 0.6 is 0 Å². The largest absolute Gasteiger partial charge is 0.369 e.